The zero-order valence-electron chi connectivity index (χ0n) is 22.0. The summed E-state index contributed by atoms with van der Waals surface area (Å²) < 4.78 is 22.2. The Morgan fingerprint density at radius 2 is 2.00 bits per heavy atom. The largest absolute Gasteiger partial charge is 0.504 e. The molecule has 2 N–H and O–H groups in total. The summed E-state index contributed by atoms with van der Waals surface area (Å²) in [6.07, 6.45) is 2.35. The molecule has 4 aliphatic rings. The first-order valence-electron chi connectivity index (χ1n) is 13.3. The Morgan fingerprint density at radius 1 is 1.24 bits per heavy atom. The summed E-state index contributed by atoms with van der Waals surface area (Å²) in [5.74, 6) is -1.46. The van der Waals surface area contributed by atoms with E-state index in [0.29, 0.717) is 31.7 Å². The maximum absolute atomic E-state index is 12.9. The number of carbonyl (C=O) groups is 3. The van der Waals surface area contributed by atoms with Crippen LogP contribution in [0.1, 0.15) is 63.5 Å². The topological polar surface area (TPSA) is 132 Å². The van der Waals surface area contributed by atoms with Gasteiger partial charge >= 0.3 is 17.9 Å². The van der Waals surface area contributed by atoms with Crippen molar-refractivity contribution in [2.24, 2.45) is 0 Å². The van der Waals surface area contributed by atoms with Crippen molar-refractivity contribution < 1.29 is 43.5 Å². The van der Waals surface area contributed by atoms with Crippen molar-refractivity contribution in [3.05, 3.63) is 35.1 Å². The molecule has 38 heavy (non-hydrogen) atoms. The van der Waals surface area contributed by atoms with Crippen molar-refractivity contribution in [2.75, 3.05) is 20.2 Å². The molecule has 0 aromatic heterocycles. The molecule has 2 aliphatic carbocycles. The first-order valence-corrected chi connectivity index (χ1v) is 13.3. The molecule has 2 bridgehead atoms. The molecule has 1 saturated heterocycles. The van der Waals surface area contributed by atoms with Gasteiger partial charge in [-0.3, -0.25) is 9.59 Å². The molecule has 1 aromatic rings. The highest BCUT2D eigenvalue weighted by Gasteiger charge is 2.72. The van der Waals surface area contributed by atoms with Crippen LogP contribution in [0.5, 0.6) is 11.5 Å². The molecule has 10 nitrogen and oxygen atoms in total. The van der Waals surface area contributed by atoms with Gasteiger partial charge in [-0.2, -0.15) is 0 Å². The third-order valence-electron chi connectivity index (χ3n) is 8.51. The Morgan fingerprint density at radius 3 is 2.76 bits per heavy atom. The summed E-state index contributed by atoms with van der Waals surface area (Å²) in [6, 6.07) is 3.31. The zero-order valence-corrected chi connectivity index (χ0v) is 22.0. The summed E-state index contributed by atoms with van der Waals surface area (Å²) in [5, 5.41) is 22.7. The molecule has 206 valence electrons. The number of unbranched alkanes of at least 4 members (excludes halogenated alkanes) is 1. The second kappa shape index (κ2) is 9.89. The summed E-state index contributed by atoms with van der Waals surface area (Å²) in [5.41, 5.74) is -0.254. The predicted molar refractivity (Wildman–Crippen MR) is 133 cm³/mol. The lowest BCUT2D eigenvalue weighted by atomic mass is 9.50. The van der Waals surface area contributed by atoms with E-state index in [4.69, 9.17) is 18.9 Å². The van der Waals surface area contributed by atoms with Gasteiger partial charge in [0, 0.05) is 18.0 Å². The van der Waals surface area contributed by atoms with Crippen LogP contribution in [0.2, 0.25) is 0 Å². The lowest BCUT2D eigenvalue weighted by Gasteiger charge is -2.61. The van der Waals surface area contributed by atoms with Gasteiger partial charge in [0.25, 0.3) is 0 Å². The Balaban J connectivity index is 1.30. The smallest absolute Gasteiger partial charge is 0.352 e. The molecule has 0 unspecified atom stereocenters. The Hall–Kier alpha value is -3.11. The third kappa shape index (κ3) is 4.05. The maximum Gasteiger partial charge on any atom is 0.352 e. The van der Waals surface area contributed by atoms with E-state index in [1.165, 1.54) is 6.92 Å². The Kier molecular flexibility index (Phi) is 6.89. The van der Waals surface area contributed by atoms with Gasteiger partial charge in [-0.1, -0.05) is 19.4 Å². The Bertz CT molecular complexity index is 1180. The van der Waals surface area contributed by atoms with Gasteiger partial charge in [-0.05, 0) is 57.5 Å². The number of aromatic hydroxyl groups is 1. The molecule has 2 aliphatic heterocycles. The molecule has 0 saturated carbocycles. The average Bonchev–Trinajstić information content (AvgIpc) is 3.24. The van der Waals surface area contributed by atoms with E-state index in [-0.39, 0.29) is 36.8 Å². The zero-order chi connectivity index (χ0) is 27.2. The monoisotopic (exact) mass is 529 g/mol. The minimum Gasteiger partial charge on any atom is -0.504 e. The quantitative estimate of drug-likeness (QED) is 0.279. The second-order valence-corrected chi connectivity index (χ2v) is 10.7. The number of esters is 3. The summed E-state index contributed by atoms with van der Waals surface area (Å²) in [4.78, 5) is 39.0. The fraction of sp³-hybridized carbons (Fsp3) is 0.607. The van der Waals surface area contributed by atoms with Gasteiger partial charge in [-0.25, -0.2) is 4.79 Å². The van der Waals surface area contributed by atoms with Crippen LogP contribution in [-0.2, 0) is 40.4 Å². The van der Waals surface area contributed by atoms with E-state index in [0.717, 1.165) is 24.0 Å². The molecule has 1 fully saturated rings. The fourth-order valence-electron chi connectivity index (χ4n) is 6.55. The van der Waals surface area contributed by atoms with Crippen LogP contribution >= 0.6 is 0 Å². The number of piperidine rings is 1. The third-order valence-corrected chi connectivity index (χ3v) is 8.51. The highest BCUT2D eigenvalue weighted by atomic mass is 16.6. The van der Waals surface area contributed by atoms with Crippen molar-refractivity contribution in [2.45, 2.75) is 88.1 Å². The van der Waals surface area contributed by atoms with E-state index < -0.39 is 41.1 Å². The summed E-state index contributed by atoms with van der Waals surface area (Å²) in [6.45, 7) is 4.39. The second-order valence-electron chi connectivity index (χ2n) is 10.7. The number of rotatable bonds is 9. The number of phenols is 1. The first kappa shape index (κ1) is 26.5. The van der Waals surface area contributed by atoms with Crippen LogP contribution in [-0.4, -0.2) is 77.1 Å². The molecule has 5 atom stereocenters. The average molecular weight is 530 g/mol. The standard InChI is InChI=1S/C28H35NO9/c1-4-5-14-35-21(31)8-9-22(32)36-16(2)26(33)37-19-10-11-28(34)20-15-17-6-7-18(30)24-23(17)27(28,25(19)38-24)12-13-29(20)3/h6-7,10,16,20,25,30,34H,4-5,8-9,11-15H2,1-3H3/t16-,20+,25-,27-,28+/m0/s1. The minimum absolute atomic E-state index is 0.0200. The normalized spacial score (nSPS) is 29.4. The SMILES string of the molecule is CCCCOC(=O)CCC(=O)O[C@@H](C)C(=O)OC1=CC[C@@]2(O)[C@H]3Cc4ccc(O)c5c4[C@@]2(CCN3C)[C@H]1O5. The number of hydrogen-bond acceptors (Lipinski definition) is 10. The molecular weight excluding hydrogens is 494 g/mol. The van der Waals surface area contributed by atoms with Crippen LogP contribution in [0.25, 0.3) is 0 Å². The Labute approximate surface area is 221 Å². The summed E-state index contributed by atoms with van der Waals surface area (Å²) >= 11 is 0. The molecule has 5 rings (SSSR count). The number of nitrogens with zero attached hydrogens (tertiary/aromatic N) is 1. The van der Waals surface area contributed by atoms with Crippen LogP contribution in [0.15, 0.2) is 24.0 Å². The molecule has 0 amide bonds. The lowest BCUT2D eigenvalue weighted by molar-refractivity contribution is -0.175. The number of carbonyl (C=O) groups excluding carboxylic acids is 3. The van der Waals surface area contributed by atoms with Crippen molar-refractivity contribution in [3.8, 4) is 11.5 Å². The number of likely N-dealkylation sites (tertiary alicyclic amines) is 1. The van der Waals surface area contributed by atoms with E-state index in [2.05, 4.69) is 4.90 Å². The van der Waals surface area contributed by atoms with Crippen molar-refractivity contribution in [3.63, 3.8) is 0 Å². The molecule has 1 spiro atoms. The lowest BCUT2D eigenvalue weighted by Crippen LogP contribution is -2.74. The van der Waals surface area contributed by atoms with Crippen LogP contribution < -0.4 is 4.74 Å². The van der Waals surface area contributed by atoms with Gasteiger partial charge < -0.3 is 34.1 Å². The molecule has 10 heteroatoms. The van der Waals surface area contributed by atoms with Crippen molar-refractivity contribution >= 4 is 17.9 Å². The van der Waals surface area contributed by atoms with Crippen molar-refractivity contribution in [1.29, 1.82) is 0 Å². The summed E-state index contributed by atoms with van der Waals surface area (Å²) in [7, 11) is 1.99. The minimum atomic E-state index is -1.22. The number of aliphatic hydroxyl groups is 1. The predicted octanol–water partition coefficient (Wildman–Crippen LogP) is 2.27. The molecule has 2 heterocycles. The first-order chi connectivity index (χ1) is 18.1. The van der Waals surface area contributed by atoms with Gasteiger partial charge in [0.1, 0.15) is 5.76 Å². The van der Waals surface area contributed by atoms with E-state index in [1.54, 1.807) is 12.1 Å². The van der Waals surface area contributed by atoms with Gasteiger partial charge in [-0.15, -0.1) is 0 Å². The number of ether oxygens (including phenoxy) is 4. The number of benzene rings is 1. The van der Waals surface area contributed by atoms with Crippen LogP contribution in [0.4, 0.5) is 0 Å². The number of likely N-dealkylation sites (N-methyl/N-ethyl adjacent to an activating group) is 1. The van der Waals surface area contributed by atoms with E-state index in [9.17, 15) is 24.6 Å². The highest BCUT2D eigenvalue weighted by molar-refractivity contribution is 5.82. The highest BCUT2D eigenvalue weighted by Crippen LogP contribution is 2.65. The van der Waals surface area contributed by atoms with Gasteiger partial charge in [0.2, 0.25) is 0 Å². The van der Waals surface area contributed by atoms with Crippen LogP contribution in [0, 0.1) is 0 Å². The van der Waals surface area contributed by atoms with Crippen LogP contribution in [0.3, 0.4) is 0 Å². The number of hydrogen-bond donors (Lipinski definition) is 2. The van der Waals surface area contributed by atoms with E-state index in [1.807, 2.05) is 20.0 Å². The van der Waals surface area contributed by atoms with Crippen molar-refractivity contribution in [1.82, 2.24) is 4.90 Å². The molecular formula is C28H35NO9. The molecule has 0 radical (unpaired) electrons. The van der Waals surface area contributed by atoms with Gasteiger partial charge in [0.05, 0.1) is 30.5 Å². The fourth-order valence-corrected chi connectivity index (χ4v) is 6.55. The molecule has 1 aromatic carbocycles. The number of phenolic OH excluding ortho intramolecular Hbond substituents is 1. The van der Waals surface area contributed by atoms with Gasteiger partial charge in [0.15, 0.2) is 23.7 Å². The maximum atomic E-state index is 12.9. The van der Waals surface area contributed by atoms with E-state index >= 15 is 0 Å².